The topological polar surface area (TPSA) is 52.0 Å². The first-order valence-electron chi connectivity index (χ1n) is 6.85. The largest absolute Gasteiger partial charge is 0.497 e. The van der Waals surface area contributed by atoms with Gasteiger partial charge in [0.25, 0.3) is 0 Å². The Morgan fingerprint density at radius 3 is 2.50 bits per heavy atom. The van der Waals surface area contributed by atoms with Gasteiger partial charge >= 0.3 is 0 Å². The number of aromatic nitrogens is 3. The highest BCUT2D eigenvalue weighted by Gasteiger charge is 2.15. The van der Waals surface area contributed by atoms with Crippen molar-refractivity contribution in [3.05, 3.63) is 42.0 Å². The number of methoxy groups -OCH3 is 1. The maximum Gasteiger partial charge on any atom is 0.138 e. The normalized spacial score (nSPS) is 12.7. The zero-order valence-corrected chi connectivity index (χ0v) is 12.5. The van der Waals surface area contributed by atoms with Crippen LogP contribution in [0.3, 0.4) is 0 Å². The fourth-order valence-corrected chi connectivity index (χ4v) is 2.26. The number of nitrogens with one attached hydrogen (secondary N) is 1. The van der Waals surface area contributed by atoms with E-state index in [2.05, 4.69) is 41.4 Å². The molecule has 2 rings (SSSR count). The van der Waals surface area contributed by atoms with Crippen LogP contribution < -0.4 is 10.1 Å². The maximum absolute atomic E-state index is 5.19. The highest BCUT2D eigenvalue weighted by molar-refractivity contribution is 5.29. The van der Waals surface area contributed by atoms with E-state index in [0.29, 0.717) is 6.04 Å². The zero-order valence-electron chi connectivity index (χ0n) is 12.5. The lowest BCUT2D eigenvalue weighted by Gasteiger charge is -2.18. The van der Waals surface area contributed by atoms with E-state index in [0.717, 1.165) is 18.0 Å². The lowest BCUT2D eigenvalue weighted by atomic mass is 10.0. The van der Waals surface area contributed by atoms with Crippen LogP contribution in [0.5, 0.6) is 5.75 Å². The van der Waals surface area contributed by atoms with Crippen molar-refractivity contribution in [3.63, 3.8) is 0 Å². The summed E-state index contributed by atoms with van der Waals surface area (Å²) in [5.41, 5.74) is 1.21. The number of ether oxygens (including phenoxy) is 1. The van der Waals surface area contributed by atoms with Crippen LogP contribution >= 0.6 is 0 Å². The molecule has 0 fully saturated rings. The average Bonchev–Trinajstić information content (AvgIpc) is 2.93. The van der Waals surface area contributed by atoms with Gasteiger partial charge in [-0.25, -0.2) is 9.67 Å². The molecule has 0 aliphatic rings. The summed E-state index contributed by atoms with van der Waals surface area (Å²) in [4.78, 5) is 4.37. The smallest absolute Gasteiger partial charge is 0.138 e. The molecule has 108 valence electrons. The van der Waals surface area contributed by atoms with Crippen LogP contribution in [0.4, 0.5) is 0 Å². The van der Waals surface area contributed by atoms with Gasteiger partial charge in [0.2, 0.25) is 0 Å². The Morgan fingerprint density at radius 2 is 1.95 bits per heavy atom. The van der Waals surface area contributed by atoms with Gasteiger partial charge in [-0.2, -0.15) is 5.10 Å². The molecule has 5 heteroatoms. The van der Waals surface area contributed by atoms with Crippen LogP contribution in [0.1, 0.15) is 37.3 Å². The maximum atomic E-state index is 5.19. The van der Waals surface area contributed by atoms with Crippen molar-refractivity contribution < 1.29 is 4.74 Å². The number of rotatable bonds is 6. The van der Waals surface area contributed by atoms with Crippen molar-refractivity contribution in [2.24, 2.45) is 0 Å². The summed E-state index contributed by atoms with van der Waals surface area (Å²) in [6.07, 6.45) is 2.43. The quantitative estimate of drug-likeness (QED) is 0.878. The van der Waals surface area contributed by atoms with Gasteiger partial charge in [-0.1, -0.05) is 12.1 Å². The molecule has 20 heavy (non-hydrogen) atoms. The molecule has 1 atom stereocenters. The van der Waals surface area contributed by atoms with E-state index in [4.69, 9.17) is 4.74 Å². The van der Waals surface area contributed by atoms with E-state index in [-0.39, 0.29) is 6.04 Å². The molecule has 1 aromatic carbocycles. The van der Waals surface area contributed by atoms with Crippen molar-refractivity contribution in [2.45, 2.75) is 32.4 Å². The summed E-state index contributed by atoms with van der Waals surface area (Å²) in [6, 6.07) is 8.65. The fourth-order valence-electron chi connectivity index (χ4n) is 2.26. The van der Waals surface area contributed by atoms with E-state index in [1.807, 2.05) is 23.9 Å². The van der Waals surface area contributed by atoms with E-state index in [1.165, 1.54) is 5.56 Å². The monoisotopic (exact) mass is 274 g/mol. The first-order valence-corrected chi connectivity index (χ1v) is 6.85. The molecule has 0 radical (unpaired) electrons. The number of likely N-dealkylation sites (N-methyl/N-ethyl adjacent to an activating group) is 1. The Labute approximate surface area is 120 Å². The van der Waals surface area contributed by atoms with Crippen molar-refractivity contribution in [3.8, 4) is 5.75 Å². The van der Waals surface area contributed by atoms with Gasteiger partial charge in [-0.3, -0.25) is 0 Å². The molecule has 0 aliphatic heterocycles. The molecule has 5 nitrogen and oxygen atoms in total. The van der Waals surface area contributed by atoms with Crippen LogP contribution in [0, 0.1) is 0 Å². The Morgan fingerprint density at radius 1 is 1.25 bits per heavy atom. The van der Waals surface area contributed by atoms with Gasteiger partial charge in [0.05, 0.1) is 7.11 Å². The molecule has 0 aliphatic carbocycles. The Balaban J connectivity index is 2.17. The summed E-state index contributed by atoms with van der Waals surface area (Å²) in [5.74, 6) is 1.86. The van der Waals surface area contributed by atoms with Crippen LogP contribution in [0.15, 0.2) is 30.6 Å². The minimum absolute atomic E-state index is 0.211. The standard InChI is InChI=1S/C15H22N4O/c1-11(2)19-15(17-10-18-19)9-14(16-3)12-5-7-13(20-4)8-6-12/h5-8,10-11,14,16H,9H2,1-4H3. The lowest BCUT2D eigenvalue weighted by Crippen LogP contribution is -2.21. The minimum Gasteiger partial charge on any atom is -0.497 e. The second-order valence-electron chi connectivity index (χ2n) is 5.03. The Bertz CT molecular complexity index is 533. The van der Waals surface area contributed by atoms with Crippen LogP contribution in [-0.4, -0.2) is 28.9 Å². The molecule has 2 aromatic rings. The summed E-state index contributed by atoms with van der Waals surface area (Å²) in [6.45, 7) is 4.22. The second kappa shape index (κ2) is 6.52. The predicted molar refractivity (Wildman–Crippen MR) is 78.9 cm³/mol. The predicted octanol–water partition coefficient (Wildman–Crippen LogP) is 2.37. The fraction of sp³-hybridized carbons (Fsp3) is 0.467. The Kier molecular flexibility index (Phi) is 4.74. The van der Waals surface area contributed by atoms with E-state index >= 15 is 0 Å². The van der Waals surface area contributed by atoms with Crippen molar-refractivity contribution in [1.29, 1.82) is 0 Å². The average molecular weight is 274 g/mol. The van der Waals surface area contributed by atoms with Gasteiger partial charge in [0.1, 0.15) is 17.9 Å². The third-order valence-corrected chi connectivity index (χ3v) is 3.39. The lowest BCUT2D eigenvalue weighted by molar-refractivity contribution is 0.414. The summed E-state index contributed by atoms with van der Waals surface area (Å²) in [7, 11) is 3.64. The van der Waals surface area contributed by atoms with Gasteiger partial charge in [-0.05, 0) is 38.6 Å². The third kappa shape index (κ3) is 3.17. The zero-order chi connectivity index (χ0) is 14.5. The molecule has 1 N–H and O–H groups in total. The summed E-state index contributed by atoms with van der Waals surface area (Å²) >= 11 is 0. The van der Waals surface area contributed by atoms with Gasteiger partial charge in [-0.15, -0.1) is 0 Å². The van der Waals surface area contributed by atoms with E-state index < -0.39 is 0 Å². The molecule has 0 saturated heterocycles. The number of hydrogen-bond acceptors (Lipinski definition) is 4. The molecule has 0 bridgehead atoms. The first-order chi connectivity index (χ1) is 9.65. The van der Waals surface area contributed by atoms with E-state index in [9.17, 15) is 0 Å². The number of nitrogens with zero attached hydrogens (tertiary/aromatic N) is 3. The number of hydrogen-bond donors (Lipinski definition) is 1. The highest BCUT2D eigenvalue weighted by Crippen LogP contribution is 2.21. The molecule has 0 amide bonds. The van der Waals surface area contributed by atoms with Gasteiger partial charge < -0.3 is 10.1 Å². The first kappa shape index (κ1) is 14.5. The molecule has 0 spiro atoms. The van der Waals surface area contributed by atoms with Crippen molar-refractivity contribution >= 4 is 0 Å². The highest BCUT2D eigenvalue weighted by atomic mass is 16.5. The molecule has 1 heterocycles. The van der Waals surface area contributed by atoms with Crippen LogP contribution in [-0.2, 0) is 6.42 Å². The van der Waals surface area contributed by atoms with Crippen molar-refractivity contribution in [2.75, 3.05) is 14.2 Å². The molecule has 1 unspecified atom stereocenters. The van der Waals surface area contributed by atoms with Crippen LogP contribution in [0.2, 0.25) is 0 Å². The second-order valence-corrected chi connectivity index (χ2v) is 5.03. The molecule has 0 saturated carbocycles. The third-order valence-electron chi connectivity index (χ3n) is 3.39. The van der Waals surface area contributed by atoms with Gasteiger partial charge in [0.15, 0.2) is 0 Å². The summed E-state index contributed by atoms with van der Waals surface area (Å²) < 4.78 is 7.16. The minimum atomic E-state index is 0.211. The SMILES string of the molecule is CNC(Cc1ncnn1C(C)C)c1ccc(OC)cc1. The molecular formula is C15H22N4O. The summed E-state index contributed by atoms with van der Waals surface area (Å²) in [5, 5.41) is 7.62. The van der Waals surface area contributed by atoms with Crippen LogP contribution in [0.25, 0.3) is 0 Å². The Hall–Kier alpha value is -1.88. The van der Waals surface area contributed by atoms with Gasteiger partial charge in [0, 0.05) is 18.5 Å². The number of benzene rings is 1. The van der Waals surface area contributed by atoms with E-state index in [1.54, 1.807) is 13.4 Å². The molecular weight excluding hydrogens is 252 g/mol. The molecule has 1 aromatic heterocycles. The van der Waals surface area contributed by atoms with Crippen molar-refractivity contribution in [1.82, 2.24) is 20.1 Å².